The van der Waals surface area contributed by atoms with Crippen molar-refractivity contribution in [3.63, 3.8) is 0 Å². The molecule has 23 heteroatoms. The standard InChI is InChI=1S/C51H54N5O16PS/c1-31-27-54(49(60)52-47(31)58)45-25-41(69-33(3)57)44(71-45)30-68-73(74,67-24-23-34-11-17-38(18-12-34)56(62)63)72-42-26-46(55-28-32(2)48(59)53-50(55)61)70-43(42)29-66-51(35-9-7-6-8-10-35,36-13-19-39(64-4)20-14-36)37-15-21-40(65-5)22-16-37/h6-22,27-28,41-46H,23-26,29-30H2,1-5H3,(H,52,58,60)(H,53,59,61)/t41-,42-,43+,44+,45+,46+,73?/m0/s1. The molecule has 0 spiro atoms. The molecule has 2 aliphatic heterocycles. The number of nitrogens with zero attached hydrogens (tertiary/aromatic N) is 3. The summed E-state index contributed by atoms with van der Waals surface area (Å²) in [7, 11) is 3.14. The number of hydrogen-bond donors (Lipinski definition) is 2. The summed E-state index contributed by atoms with van der Waals surface area (Å²) in [5.74, 6) is 0.588. The first-order valence-electron chi connectivity index (χ1n) is 23.4. The van der Waals surface area contributed by atoms with E-state index in [1.165, 1.54) is 47.5 Å². The van der Waals surface area contributed by atoms with Crippen molar-refractivity contribution in [2.45, 2.75) is 82.5 Å². The Bertz CT molecular complexity index is 3190. The lowest BCUT2D eigenvalue weighted by atomic mass is 9.80. The van der Waals surface area contributed by atoms with Crippen LogP contribution >= 0.6 is 6.72 Å². The Labute approximate surface area is 428 Å². The van der Waals surface area contributed by atoms with Crippen LogP contribution in [0.5, 0.6) is 11.5 Å². The van der Waals surface area contributed by atoms with Crippen molar-refractivity contribution in [2.24, 2.45) is 0 Å². The molecule has 21 nitrogen and oxygen atoms in total. The zero-order chi connectivity index (χ0) is 52.7. The summed E-state index contributed by atoms with van der Waals surface area (Å²) in [5, 5.41) is 11.4. The molecule has 6 aromatic rings. The van der Waals surface area contributed by atoms with Gasteiger partial charge in [0.2, 0.25) is 0 Å². The Morgan fingerprint density at radius 1 is 0.730 bits per heavy atom. The van der Waals surface area contributed by atoms with Crippen LogP contribution in [0.2, 0.25) is 0 Å². The second-order valence-electron chi connectivity index (χ2n) is 17.5. The summed E-state index contributed by atoms with van der Waals surface area (Å²) in [6, 6.07) is 30.3. The molecule has 7 atom stereocenters. The van der Waals surface area contributed by atoms with E-state index in [2.05, 4.69) is 9.97 Å². The predicted molar refractivity (Wildman–Crippen MR) is 271 cm³/mol. The van der Waals surface area contributed by atoms with E-state index in [0.29, 0.717) is 28.2 Å². The van der Waals surface area contributed by atoms with Gasteiger partial charge in [0.15, 0.2) is 0 Å². The number of aromatic nitrogens is 4. The number of H-pyrrole nitrogens is 2. The van der Waals surface area contributed by atoms with Crippen LogP contribution in [-0.4, -0.2) is 88.5 Å². The summed E-state index contributed by atoms with van der Waals surface area (Å²) < 4.78 is 59.1. The molecule has 2 aromatic heterocycles. The third-order valence-corrected chi connectivity index (χ3v) is 15.1. The first-order chi connectivity index (χ1) is 35.5. The Hall–Kier alpha value is -6.88. The third kappa shape index (κ3) is 12.0. The summed E-state index contributed by atoms with van der Waals surface area (Å²) >= 11 is 6.21. The van der Waals surface area contributed by atoms with Crippen molar-refractivity contribution in [3.05, 3.63) is 201 Å². The fourth-order valence-corrected chi connectivity index (χ4v) is 11.0. The number of benzene rings is 4. The molecule has 0 amide bonds. The number of ether oxygens (including phenoxy) is 6. The van der Waals surface area contributed by atoms with Crippen molar-refractivity contribution < 1.29 is 51.7 Å². The van der Waals surface area contributed by atoms with E-state index in [4.69, 9.17) is 53.8 Å². The van der Waals surface area contributed by atoms with E-state index in [0.717, 1.165) is 5.56 Å². The second kappa shape index (κ2) is 23.1. The Morgan fingerprint density at radius 3 is 1.73 bits per heavy atom. The Kier molecular flexibility index (Phi) is 16.7. The van der Waals surface area contributed by atoms with Crippen molar-refractivity contribution in [1.82, 2.24) is 19.1 Å². The van der Waals surface area contributed by atoms with Crippen molar-refractivity contribution in [2.75, 3.05) is 34.0 Å². The number of nitro groups is 1. The molecule has 2 fully saturated rings. The number of rotatable bonds is 21. The average molecular weight is 1060 g/mol. The molecule has 0 radical (unpaired) electrons. The fourth-order valence-electron chi connectivity index (χ4n) is 8.86. The van der Waals surface area contributed by atoms with Gasteiger partial charge in [-0.1, -0.05) is 66.7 Å². The van der Waals surface area contributed by atoms with Crippen molar-refractivity contribution in [3.8, 4) is 11.5 Å². The van der Waals surface area contributed by atoms with Gasteiger partial charge in [-0.3, -0.25) is 43.6 Å². The van der Waals surface area contributed by atoms with Crippen LogP contribution in [0.15, 0.2) is 135 Å². The first-order valence-corrected chi connectivity index (χ1v) is 26.0. The van der Waals surface area contributed by atoms with Crippen LogP contribution in [-0.2, 0) is 61.1 Å². The van der Waals surface area contributed by atoms with Gasteiger partial charge >= 0.3 is 24.1 Å². The zero-order valence-electron chi connectivity index (χ0n) is 40.9. The largest absolute Gasteiger partial charge is 0.497 e. The number of esters is 1. The highest BCUT2D eigenvalue weighted by molar-refractivity contribution is 8.07. The smallest absolute Gasteiger partial charge is 0.330 e. The lowest BCUT2D eigenvalue weighted by Gasteiger charge is -2.37. The molecule has 2 N–H and O–H groups in total. The molecule has 390 valence electrons. The van der Waals surface area contributed by atoms with E-state index in [1.807, 2.05) is 78.9 Å². The molecule has 0 saturated carbocycles. The van der Waals surface area contributed by atoms with Gasteiger partial charge in [-0.15, -0.1) is 0 Å². The average Bonchev–Trinajstić information content (AvgIpc) is 3.99. The monoisotopic (exact) mass is 1060 g/mol. The molecule has 4 heterocycles. The normalized spacial score (nSPS) is 20.4. The SMILES string of the molecule is COc1ccc(C(OC[C@H]2O[C@@H](n3cc(C)c(=O)[nH]c3=O)C[C@@H]2OP(=S)(OCCc2ccc([N+](=O)[O-])cc2)OC[C@H]2O[C@@H](n3cc(C)c(=O)[nH]c3=O)C[C@@H]2OC(C)=O)(c2ccccc2)c2ccc(OC)cc2)cc1. The zero-order valence-corrected chi connectivity index (χ0v) is 42.6. The van der Waals surface area contributed by atoms with Gasteiger partial charge in [0, 0.05) is 55.4 Å². The number of nitro benzene ring substituents is 1. The van der Waals surface area contributed by atoms with Crippen molar-refractivity contribution in [1.29, 1.82) is 0 Å². The van der Waals surface area contributed by atoms with Crippen molar-refractivity contribution >= 4 is 30.2 Å². The molecular formula is C51H54N5O16PS. The Morgan fingerprint density at radius 2 is 1.23 bits per heavy atom. The highest BCUT2D eigenvalue weighted by Gasteiger charge is 2.46. The number of aryl methyl sites for hydroxylation is 2. The number of methoxy groups -OCH3 is 2. The summed E-state index contributed by atoms with van der Waals surface area (Å²) in [4.78, 5) is 79.1. The van der Waals surface area contributed by atoms with Crippen LogP contribution in [0, 0.1) is 24.0 Å². The summed E-state index contributed by atoms with van der Waals surface area (Å²) in [6.07, 6.45) is -3.21. The minimum Gasteiger partial charge on any atom is -0.497 e. The van der Waals surface area contributed by atoms with Crippen LogP contribution in [0.3, 0.4) is 0 Å². The van der Waals surface area contributed by atoms with Gasteiger partial charge in [-0.05, 0) is 78.6 Å². The molecule has 2 saturated heterocycles. The number of carbonyl (C=O) groups excluding carboxylic acids is 1. The maximum Gasteiger partial charge on any atom is 0.330 e. The van der Waals surface area contributed by atoms with E-state index < -0.39 is 82.6 Å². The second-order valence-corrected chi connectivity index (χ2v) is 20.5. The first kappa shape index (κ1) is 53.4. The van der Waals surface area contributed by atoms with Gasteiger partial charge in [0.05, 0.1) is 45.1 Å². The Balaban J connectivity index is 1.16. The van der Waals surface area contributed by atoms with E-state index in [1.54, 1.807) is 33.3 Å². The maximum absolute atomic E-state index is 13.5. The molecule has 2 aliphatic rings. The minimum absolute atomic E-state index is 0.000176. The summed E-state index contributed by atoms with van der Waals surface area (Å²) in [6.45, 7) is -0.421. The number of hydrogen-bond acceptors (Lipinski definition) is 17. The molecule has 0 bridgehead atoms. The number of non-ortho nitro benzene ring substituents is 1. The van der Waals surface area contributed by atoms with Crippen LogP contribution < -0.4 is 32.0 Å². The molecular weight excluding hydrogens is 1000 g/mol. The molecule has 4 aromatic carbocycles. The third-order valence-electron chi connectivity index (χ3n) is 12.7. The lowest BCUT2D eigenvalue weighted by Crippen LogP contribution is -2.38. The molecule has 74 heavy (non-hydrogen) atoms. The fraction of sp³-hybridized carbons (Fsp3) is 0.353. The summed E-state index contributed by atoms with van der Waals surface area (Å²) in [5.41, 5.74) is -0.715. The van der Waals surface area contributed by atoms with Gasteiger partial charge in [0.25, 0.3) is 16.8 Å². The number of nitrogens with one attached hydrogen (secondary N) is 2. The van der Waals surface area contributed by atoms with Gasteiger partial charge in [0.1, 0.15) is 47.9 Å². The predicted octanol–water partition coefficient (Wildman–Crippen LogP) is 6.03. The molecule has 0 aliphatic carbocycles. The number of aromatic amines is 2. The number of carbonyl (C=O) groups is 1. The maximum atomic E-state index is 13.5. The van der Waals surface area contributed by atoms with Crippen LogP contribution in [0.1, 0.15) is 65.6 Å². The topological polar surface area (TPSA) is 253 Å². The van der Waals surface area contributed by atoms with Gasteiger partial charge in [-0.25, -0.2) is 9.59 Å². The molecule has 8 rings (SSSR count). The van der Waals surface area contributed by atoms with E-state index in [9.17, 15) is 34.1 Å². The highest BCUT2D eigenvalue weighted by atomic mass is 32.5. The van der Waals surface area contributed by atoms with Gasteiger partial charge in [-0.2, -0.15) is 0 Å². The lowest BCUT2D eigenvalue weighted by molar-refractivity contribution is -0.384. The molecule has 1 unspecified atom stereocenters. The minimum atomic E-state index is -4.02. The highest BCUT2D eigenvalue weighted by Crippen LogP contribution is 2.55. The quantitative estimate of drug-likeness (QED) is 0.0274. The van der Waals surface area contributed by atoms with Gasteiger partial charge < -0.3 is 42.0 Å². The van der Waals surface area contributed by atoms with E-state index in [-0.39, 0.29) is 55.9 Å². The van der Waals surface area contributed by atoms with Crippen LogP contribution in [0.4, 0.5) is 5.69 Å². The van der Waals surface area contributed by atoms with E-state index >= 15 is 0 Å². The van der Waals surface area contributed by atoms with Crippen LogP contribution in [0.25, 0.3) is 0 Å².